The Morgan fingerprint density at radius 1 is 1.56 bits per heavy atom. The minimum atomic E-state index is -0.558. The van der Waals surface area contributed by atoms with Gasteiger partial charge < -0.3 is 10.1 Å². The van der Waals surface area contributed by atoms with Gasteiger partial charge in [-0.3, -0.25) is 4.79 Å². The van der Waals surface area contributed by atoms with Crippen LogP contribution in [0.25, 0.3) is 0 Å². The summed E-state index contributed by atoms with van der Waals surface area (Å²) in [4.78, 5) is 22.8. The summed E-state index contributed by atoms with van der Waals surface area (Å²) in [6, 6.07) is -0.558. The van der Waals surface area contributed by atoms with Crippen molar-refractivity contribution in [3.8, 4) is 0 Å². The predicted octanol–water partition coefficient (Wildman–Crippen LogP) is 1.41. The van der Waals surface area contributed by atoms with Crippen LogP contribution in [0.3, 0.4) is 0 Å². The van der Waals surface area contributed by atoms with Crippen LogP contribution in [0, 0.1) is 5.92 Å². The van der Waals surface area contributed by atoms with Crippen LogP contribution in [-0.2, 0) is 14.3 Å². The molecule has 0 spiro atoms. The van der Waals surface area contributed by atoms with Crippen molar-refractivity contribution in [3.05, 3.63) is 12.2 Å². The highest BCUT2D eigenvalue weighted by molar-refractivity contribution is 5.84. The molecule has 1 aliphatic rings. The molecule has 0 aliphatic heterocycles. The summed E-state index contributed by atoms with van der Waals surface area (Å²) in [5.74, 6) is -0.135. The Morgan fingerprint density at radius 2 is 2.31 bits per heavy atom. The second kappa shape index (κ2) is 6.30. The average Bonchev–Trinajstić information content (AvgIpc) is 2.70. The fourth-order valence-electron chi connectivity index (χ4n) is 1.73. The molecule has 0 aromatic rings. The van der Waals surface area contributed by atoms with Crippen molar-refractivity contribution in [2.45, 2.75) is 39.2 Å². The number of nitrogens with one attached hydrogen (secondary N) is 1. The molecule has 1 amide bonds. The van der Waals surface area contributed by atoms with Gasteiger partial charge in [-0.25, -0.2) is 4.79 Å². The van der Waals surface area contributed by atoms with Gasteiger partial charge in [0.25, 0.3) is 0 Å². The molecule has 4 nitrogen and oxygen atoms in total. The lowest BCUT2D eigenvalue weighted by Crippen LogP contribution is -2.40. The third kappa shape index (κ3) is 4.04. The zero-order chi connectivity index (χ0) is 12.0. The first kappa shape index (κ1) is 12.7. The second-order valence-corrected chi connectivity index (χ2v) is 4.01. The summed E-state index contributed by atoms with van der Waals surface area (Å²) in [6.07, 6.45) is 6.69. The number of allylic oxidation sites excluding steroid dienone is 2. The summed E-state index contributed by atoms with van der Waals surface area (Å²) in [5, 5.41) is 2.64. The summed E-state index contributed by atoms with van der Waals surface area (Å²) < 4.78 is 4.81. The molecule has 2 atom stereocenters. The molecular formula is C12H19NO3. The van der Waals surface area contributed by atoms with Gasteiger partial charge in [0.15, 0.2) is 0 Å². The highest BCUT2D eigenvalue weighted by Crippen LogP contribution is 2.19. The largest absolute Gasteiger partial charge is 0.464 e. The van der Waals surface area contributed by atoms with E-state index in [1.165, 1.54) is 0 Å². The molecule has 0 aromatic carbocycles. The van der Waals surface area contributed by atoms with E-state index in [2.05, 4.69) is 17.5 Å². The van der Waals surface area contributed by atoms with Gasteiger partial charge in [0.1, 0.15) is 6.04 Å². The molecule has 16 heavy (non-hydrogen) atoms. The van der Waals surface area contributed by atoms with E-state index in [0.717, 1.165) is 12.8 Å². The van der Waals surface area contributed by atoms with Crippen molar-refractivity contribution >= 4 is 11.9 Å². The van der Waals surface area contributed by atoms with E-state index < -0.39 is 6.04 Å². The summed E-state index contributed by atoms with van der Waals surface area (Å²) >= 11 is 0. The molecule has 0 heterocycles. The molecule has 4 heteroatoms. The summed E-state index contributed by atoms with van der Waals surface area (Å²) in [6.45, 7) is 3.72. The quantitative estimate of drug-likeness (QED) is 0.568. The van der Waals surface area contributed by atoms with E-state index in [1.54, 1.807) is 13.8 Å². The van der Waals surface area contributed by atoms with Crippen LogP contribution < -0.4 is 5.32 Å². The highest BCUT2D eigenvalue weighted by Gasteiger charge is 2.19. The number of rotatable bonds is 5. The van der Waals surface area contributed by atoms with Gasteiger partial charge in [-0.15, -0.1) is 0 Å². The number of carbonyl (C=O) groups is 2. The average molecular weight is 225 g/mol. The van der Waals surface area contributed by atoms with Gasteiger partial charge in [0.2, 0.25) is 5.91 Å². The summed E-state index contributed by atoms with van der Waals surface area (Å²) in [7, 11) is 0. The molecule has 0 fully saturated rings. The van der Waals surface area contributed by atoms with Gasteiger partial charge in [-0.05, 0) is 32.6 Å². The zero-order valence-electron chi connectivity index (χ0n) is 9.86. The van der Waals surface area contributed by atoms with E-state index in [9.17, 15) is 9.59 Å². The molecule has 0 saturated carbocycles. The van der Waals surface area contributed by atoms with Crippen molar-refractivity contribution in [2.24, 2.45) is 5.92 Å². The van der Waals surface area contributed by atoms with Gasteiger partial charge in [0, 0.05) is 6.42 Å². The van der Waals surface area contributed by atoms with Crippen LogP contribution in [0.5, 0.6) is 0 Å². The molecule has 1 aliphatic carbocycles. The first-order valence-electron chi connectivity index (χ1n) is 5.76. The minimum absolute atomic E-state index is 0.0860. The lowest BCUT2D eigenvalue weighted by atomic mass is 10.0. The number of carbonyl (C=O) groups excluding carboxylic acids is 2. The lowest BCUT2D eigenvalue weighted by molar-refractivity contribution is -0.146. The molecule has 2 unspecified atom stereocenters. The number of esters is 1. The monoisotopic (exact) mass is 225 g/mol. The predicted molar refractivity (Wildman–Crippen MR) is 60.7 cm³/mol. The second-order valence-electron chi connectivity index (χ2n) is 4.01. The SMILES string of the molecule is CCOC(=O)C(C)NC(=O)CC1C=CCC1. The maximum Gasteiger partial charge on any atom is 0.328 e. The van der Waals surface area contributed by atoms with Crippen LogP contribution in [0.2, 0.25) is 0 Å². The fourth-order valence-corrected chi connectivity index (χ4v) is 1.73. The van der Waals surface area contributed by atoms with Gasteiger partial charge in [-0.1, -0.05) is 12.2 Å². The van der Waals surface area contributed by atoms with Gasteiger partial charge >= 0.3 is 5.97 Å². The molecule has 1 rings (SSSR count). The Bertz CT molecular complexity index is 286. The fraction of sp³-hybridized carbons (Fsp3) is 0.667. The number of ether oxygens (including phenoxy) is 1. The molecular weight excluding hydrogens is 206 g/mol. The van der Waals surface area contributed by atoms with Crippen LogP contribution in [-0.4, -0.2) is 24.5 Å². The first-order chi connectivity index (χ1) is 7.63. The Labute approximate surface area is 96.0 Å². The zero-order valence-corrected chi connectivity index (χ0v) is 9.86. The smallest absolute Gasteiger partial charge is 0.328 e. The normalized spacial score (nSPS) is 20.5. The molecule has 0 aromatic heterocycles. The number of hydrogen-bond acceptors (Lipinski definition) is 3. The van der Waals surface area contributed by atoms with Crippen LogP contribution in [0.15, 0.2) is 12.2 Å². The molecule has 0 bridgehead atoms. The van der Waals surface area contributed by atoms with Crippen molar-refractivity contribution in [1.29, 1.82) is 0 Å². The van der Waals surface area contributed by atoms with E-state index >= 15 is 0 Å². The minimum Gasteiger partial charge on any atom is -0.464 e. The van der Waals surface area contributed by atoms with Gasteiger partial charge in [0.05, 0.1) is 6.61 Å². The maximum atomic E-state index is 11.6. The van der Waals surface area contributed by atoms with Crippen LogP contribution in [0.1, 0.15) is 33.1 Å². The topological polar surface area (TPSA) is 55.4 Å². The highest BCUT2D eigenvalue weighted by atomic mass is 16.5. The van der Waals surface area contributed by atoms with Crippen LogP contribution in [0.4, 0.5) is 0 Å². The maximum absolute atomic E-state index is 11.6. The number of hydrogen-bond donors (Lipinski definition) is 1. The third-order valence-corrected chi connectivity index (χ3v) is 2.58. The Balaban J connectivity index is 2.27. The Hall–Kier alpha value is -1.32. The standard InChI is InChI=1S/C12H19NO3/c1-3-16-12(15)9(2)13-11(14)8-10-6-4-5-7-10/h4,6,9-10H,3,5,7-8H2,1-2H3,(H,13,14). The Kier molecular flexibility index (Phi) is 5.02. The van der Waals surface area contributed by atoms with Gasteiger partial charge in [-0.2, -0.15) is 0 Å². The Morgan fingerprint density at radius 3 is 2.88 bits per heavy atom. The third-order valence-electron chi connectivity index (χ3n) is 2.58. The van der Waals surface area contributed by atoms with E-state index in [0.29, 0.717) is 18.9 Å². The first-order valence-corrected chi connectivity index (χ1v) is 5.76. The lowest BCUT2D eigenvalue weighted by Gasteiger charge is -2.14. The molecule has 1 N–H and O–H groups in total. The van der Waals surface area contributed by atoms with Crippen molar-refractivity contribution in [1.82, 2.24) is 5.32 Å². The van der Waals surface area contributed by atoms with E-state index in [4.69, 9.17) is 4.74 Å². The molecule has 90 valence electrons. The van der Waals surface area contributed by atoms with Crippen LogP contribution >= 0.6 is 0 Å². The van der Waals surface area contributed by atoms with E-state index in [1.807, 2.05) is 0 Å². The van der Waals surface area contributed by atoms with E-state index in [-0.39, 0.29) is 11.9 Å². The molecule has 0 saturated heterocycles. The van der Waals surface area contributed by atoms with Crippen molar-refractivity contribution in [3.63, 3.8) is 0 Å². The van der Waals surface area contributed by atoms with Crippen molar-refractivity contribution in [2.75, 3.05) is 6.61 Å². The summed E-state index contributed by atoms with van der Waals surface area (Å²) in [5.41, 5.74) is 0. The van der Waals surface area contributed by atoms with Crippen molar-refractivity contribution < 1.29 is 14.3 Å². The molecule has 0 radical (unpaired) electrons. The number of amides is 1.